The first-order valence-electron chi connectivity index (χ1n) is 3.33. The zero-order valence-corrected chi connectivity index (χ0v) is 6.74. The van der Waals surface area contributed by atoms with Gasteiger partial charge in [-0.05, 0) is 13.8 Å². The van der Waals surface area contributed by atoms with Crippen molar-refractivity contribution in [3.05, 3.63) is 17.5 Å². The van der Waals surface area contributed by atoms with Crippen LogP contribution in [0.5, 0.6) is 0 Å². The van der Waals surface area contributed by atoms with Crippen LogP contribution in [0, 0.1) is 6.92 Å². The molecule has 0 aliphatic carbocycles. The third kappa shape index (κ3) is 1.18. The molecule has 0 saturated carbocycles. The molecule has 0 radical (unpaired) electrons. The molecule has 1 atom stereocenters. The van der Waals surface area contributed by atoms with Crippen molar-refractivity contribution in [3.8, 4) is 0 Å². The van der Waals surface area contributed by atoms with E-state index in [2.05, 4.69) is 9.68 Å². The number of carboxylic acids is 1. The van der Waals surface area contributed by atoms with Crippen LogP contribution in [0.1, 0.15) is 18.2 Å². The molecule has 66 valence electrons. The fourth-order valence-electron chi connectivity index (χ4n) is 0.859. The van der Waals surface area contributed by atoms with Crippen LogP contribution in [0.25, 0.3) is 0 Å². The van der Waals surface area contributed by atoms with Gasteiger partial charge in [-0.15, -0.1) is 0 Å². The van der Waals surface area contributed by atoms with Crippen molar-refractivity contribution in [2.75, 3.05) is 0 Å². The number of aliphatic hydroxyl groups is 1. The van der Waals surface area contributed by atoms with Crippen LogP contribution >= 0.6 is 0 Å². The molecule has 2 N–H and O–H groups in total. The first-order valence-corrected chi connectivity index (χ1v) is 3.33. The van der Waals surface area contributed by atoms with Gasteiger partial charge in [0.2, 0.25) is 5.60 Å². The van der Waals surface area contributed by atoms with Crippen molar-refractivity contribution in [2.24, 2.45) is 0 Å². The van der Waals surface area contributed by atoms with Crippen LogP contribution in [0.3, 0.4) is 0 Å². The third-order valence-electron chi connectivity index (χ3n) is 1.61. The minimum absolute atomic E-state index is 0.0324. The second-order valence-electron chi connectivity index (χ2n) is 2.72. The Morgan fingerprint density at radius 1 is 1.75 bits per heavy atom. The number of hydrogen-bond donors (Lipinski definition) is 2. The lowest BCUT2D eigenvalue weighted by molar-refractivity contribution is -0.159. The van der Waals surface area contributed by atoms with Gasteiger partial charge in [0.05, 0.1) is 6.20 Å². The predicted octanol–water partition coefficient (Wildman–Crippen LogP) is 0.275. The Balaban J connectivity index is 3.13. The number of aliphatic carboxylic acids is 1. The van der Waals surface area contributed by atoms with E-state index in [4.69, 9.17) is 5.11 Å². The smallest absolute Gasteiger partial charge is 0.343 e. The summed E-state index contributed by atoms with van der Waals surface area (Å²) in [6, 6.07) is 0. The number of aromatic nitrogens is 1. The van der Waals surface area contributed by atoms with Crippen LogP contribution in [0.2, 0.25) is 0 Å². The largest absolute Gasteiger partial charge is 0.479 e. The molecule has 1 heterocycles. The number of hydrogen-bond acceptors (Lipinski definition) is 4. The summed E-state index contributed by atoms with van der Waals surface area (Å²) in [4.78, 5) is 10.5. The second-order valence-corrected chi connectivity index (χ2v) is 2.72. The summed E-state index contributed by atoms with van der Waals surface area (Å²) in [7, 11) is 0. The molecular weight excluding hydrogens is 162 g/mol. The Hall–Kier alpha value is -1.36. The zero-order valence-electron chi connectivity index (χ0n) is 6.74. The zero-order chi connectivity index (χ0) is 9.35. The molecule has 1 aromatic heterocycles. The minimum atomic E-state index is -2.00. The van der Waals surface area contributed by atoms with Crippen LogP contribution in [-0.4, -0.2) is 21.3 Å². The number of carboxylic acid groups (broad SMARTS) is 1. The first kappa shape index (κ1) is 8.73. The van der Waals surface area contributed by atoms with Crippen molar-refractivity contribution in [3.63, 3.8) is 0 Å². The highest BCUT2D eigenvalue weighted by Gasteiger charge is 2.37. The minimum Gasteiger partial charge on any atom is -0.479 e. The maximum atomic E-state index is 10.5. The van der Waals surface area contributed by atoms with Gasteiger partial charge in [-0.3, -0.25) is 0 Å². The monoisotopic (exact) mass is 171 g/mol. The first-order chi connectivity index (χ1) is 5.46. The van der Waals surface area contributed by atoms with Gasteiger partial charge in [0.15, 0.2) is 5.76 Å². The van der Waals surface area contributed by atoms with Crippen LogP contribution < -0.4 is 0 Å². The molecule has 12 heavy (non-hydrogen) atoms. The van der Waals surface area contributed by atoms with Crippen LogP contribution in [0.15, 0.2) is 10.7 Å². The van der Waals surface area contributed by atoms with Crippen molar-refractivity contribution in [1.29, 1.82) is 0 Å². The highest BCUT2D eigenvalue weighted by Crippen LogP contribution is 2.23. The normalized spacial score (nSPS) is 15.6. The third-order valence-corrected chi connectivity index (χ3v) is 1.61. The van der Waals surface area contributed by atoms with Gasteiger partial charge in [0, 0.05) is 5.56 Å². The van der Waals surface area contributed by atoms with E-state index in [1.807, 2.05) is 0 Å². The van der Waals surface area contributed by atoms with Gasteiger partial charge in [0.25, 0.3) is 0 Å². The Labute approximate surface area is 68.6 Å². The Morgan fingerprint density at radius 3 is 2.67 bits per heavy atom. The molecule has 5 nitrogen and oxygen atoms in total. The van der Waals surface area contributed by atoms with Crippen LogP contribution in [0.4, 0.5) is 0 Å². The maximum Gasteiger partial charge on any atom is 0.343 e. The Morgan fingerprint density at radius 2 is 2.33 bits per heavy atom. The van der Waals surface area contributed by atoms with Gasteiger partial charge in [-0.1, -0.05) is 5.16 Å². The van der Waals surface area contributed by atoms with E-state index in [1.165, 1.54) is 6.20 Å². The molecule has 0 aliphatic rings. The molecule has 0 bridgehead atoms. The molecule has 0 spiro atoms. The summed E-state index contributed by atoms with van der Waals surface area (Å²) < 4.78 is 4.61. The lowest BCUT2D eigenvalue weighted by Gasteiger charge is -2.14. The predicted molar refractivity (Wildman–Crippen MR) is 38.4 cm³/mol. The number of carbonyl (C=O) groups is 1. The topological polar surface area (TPSA) is 83.6 Å². The van der Waals surface area contributed by atoms with Crippen LogP contribution in [-0.2, 0) is 10.4 Å². The molecule has 0 fully saturated rings. The van der Waals surface area contributed by atoms with E-state index in [0.717, 1.165) is 6.92 Å². The van der Waals surface area contributed by atoms with E-state index < -0.39 is 11.6 Å². The molecule has 0 aromatic carbocycles. The van der Waals surface area contributed by atoms with E-state index in [-0.39, 0.29) is 5.76 Å². The summed E-state index contributed by atoms with van der Waals surface area (Å²) in [6.45, 7) is 2.76. The highest BCUT2D eigenvalue weighted by atomic mass is 16.5. The highest BCUT2D eigenvalue weighted by molar-refractivity contribution is 5.77. The molecule has 0 saturated heterocycles. The number of aryl methyl sites for hydroxylation is 1. The fourth-order valence-corrected chi connectivity index (χ4v) is 0.859. The van der Waals surface area contributed by atoms with Crippen molar-refractivity contribution >= 4 is 5.97 Å². The lowest BCUT2D eigenvalue weighted by atomic mass is 10.0. The van der Waals surface area contributed by atoms with Crippen molar-refractivity contribution in [1.82, 2.24) is 5.16 Å². The molecular formula is C7H9NO4. The molecule has 0 amide bonds. The van der Waals surface area contributed by atoms with Gasteiger partial charge >= 0.3 is 5.97 Å². The summed E-state index contributed by atoms with van der Waals surface area (Å²) in [5.74, 6) is -1.39. The van der Waals surface area contributed by atoms with Crippen molar-refractivity contribution in [2.45, 2.75) is 19.4 Å². The molecule has 1 aromatic rings. The molecule has 1 rings (SSSR count). The van der Waals surface area contributed by atoms with Gasteiger partial charge in [-0.25, -0.2) is 4.79 Å². The lowest BCUT2D eigenvalue weighted by Crippen LogP contribution is -2.31. The maximum absolute atomic E-state index is 10.5. The quantitative estimate of drug-likeness (QED) is 0.667. The summed E-state index contributed by atoms with van der Waals surface area (Å²) in [5, 5.41) is 21.4. The van der Waals surface area contributed by atoms with Gasteiger partial charge in [0.1, 0.15) is 0 Å². The van der Waals surface area contributed by atoms with Gasteiger partial charge in [-0.2, -0.15) is 0 Å². The Bertz CT molecular complexity index is 302. The summed E-state index contributed by atoms with van der Waals surface area (Å²) >= 11 is 0. The standard InChI is InChI=1S/C7H9NO4/c1-4-3-8-12-5(4)7(2,11)6(9)10/h3,11H,1-2H3,(H,9,10). The average molecular weight is 171 g/mol. The molecule has 1 unspecified atom stereocenters. The van der Waals surface area contributed by atoms with E-state index in [1.54, 1.807) is 6.92 Å². The summed E-state index contributed by atoms with van der Waals surface area (Å²) in [6.07, 6.45) is 1.35. The van der Waals surface area contributed by atoms with Gasteiger partial charge < -0.3 is 14.7 Å². The van der Waals surface area contributed by atoms with Crippen molar-refractivity contribution < 1.29 is 19.5 Å². The average Bonchev–Trinajstić information content (AvgIpc) is 2.35. The summed E-state index contributed by atoms with van der Waals surface area (Å²) in [5.41, 5.74) is -1.48. The van der Waals surface area contributed by atoms with E-state index in [9.17, 15) is 9.90 Å². The number of nitrogens with zero attached hydrogens (tertiary/aromatic N) is 1. The Kier molecular flexibility index (Phi) is 1.89. The molecule has 5 heteroatoms. The SMILES string of the molecule is Cc1cnoc1C(C)(O)C(=O)O. The fraction of sp³-hybridized carbons (Fsp3) is 0.429. The number of rotatable bonds is 2. The van der Waals surface area contributed by atoms with E-state index >= 15 is 0 Å². The molecule has 0 aliphatic heterocycles. The second kappa shape index (κ2) is 2.60. The van der Waals surface area contributed by atoms with E-state index in [0.29, 0.717) is 5.56 Å².